The van der Waals surface area contributed by atoms with Gasteiger partial charge in [-0.3, -0.25) is 0 Å². The second-order valence-corrected chi connectivity index (χ2v) is 6.55. The summed E-state index contributed by atoms with van der Waals surface area (Å²) in [6.45, 7) is 0. The van der Waals surface area contributed by atoms with Gasteiger partial charge in [-0.2, -0.15) is 5.10 Å². The van der Waals surface area contributed by atoms with Crippen LogP contribution < -0.4 is 5.63 Å². The Hall–Kier alpha value is -3.92. The van der Waals surface area contributed by atoms with Crippen LogP contribution in [-0.4, -0.2) is 9.78 Å². The SMILES string of the molecule is O=c1oc2cc(-n3ccc(-c4ccccc4)n3)ccc2cc1-c1ccccc1. The third kappa shape index (κ3) is 2.91. The Bertz CT molecular complexity index is 1320. The third-order valence-electron chi connectivity index (χ3n) is 4.73. The van der Waals surface area contributed by atoms with Crippen molar-refractivity contribution < 1.29 is 4.42 Å². The quantitative estimate of drug-likeness (QED) is 0.408. The molecule has 0 unspecified atom stereocenters. The van der Waals surface area contributed by atoms with Crippen molar-refractivity contribution in [2.75, 3.05) is 0 Å². The highest BCUT2D eigenvalue weighted by atomic mass is 16.4. The molecule has 0 atom stereocenters. The van der Waals surface area contributed by atoms with Crippen LogP contribution >= 0.6 is 0 Å². The van der Waals surface area contributed by atoms with Crippen molar-refractivity contribution in [1.29, 1.82) is 0 Å². The number of nitrogens with zero attached hydrogens (tertiary/aromatic N) is 2. The van der Waals surface area contributed by atoms with Gasteiger partial charge in [-0.15, -0.1) is 0 Å². The molecule has 0 saturated carbocycles. The minimum atomic E-state index is -0.346. The highest BCUT2D eigenvalue weighted by Crippen LogP contribution is 2.24. The number of benzene rings is 3. The first-order valence-electron chi connectivity index (χ1n) is 9.03. The van der Waals surface area contributed by atoms with E-state index in [1.807, 2.05) is 97.2 Å². The van der Waals surface area contributed by atoms with Crippen LogP contribution in [0, 0.1) is 0 Å². The molecular weight excluding hydrogens is 348 g/mol. The summed E-state index contributed by atoms with van der Waals surface area (Å²) < 4.78 is 7.39. The van der Waals surface area contributed by atoms with E-state index in [0.29, 0.717) is 11.1 Å². The van der Waals surface area contributed by atoms with Gasteiger partial charge >= 0.3 is 5.63 Å². The highest BCUT2D eigenvalue weighted by molar-refractivity contribution is 5.83. The smallest absolute Gasteiger partial charge is 0.344 e. The van der Waals surface area contributed by atoms with Crippen molar-refractivity contribution in [2.24, 2.45) is 0 Å². The van der Waals surface area contributed by atoms with Crippen LogP contribution in [0.5, 0.6) is 0 Å². The van der Waals surface area contributed by atoms with Gasteiger partial charge in [0.1, 0.15) is 5.58 Å². The van der Waals surface area contributed by atoms with E-state index in [-0.39, 0.29) is 5.63 Å². The number of rotatable bonds is 3. The van der Waals surface area contributed by atoms with Crippen LogP contribution in [0.2, 0.25) is 0 Å². The Kier molecular flexibility index (Phi) is 3.87. The molecule has 0 amide bonds. The molecule has 2 aromatic heterocycles. The van der Waals surface area contributed by atoms with Crippen molar-refractivity contribution in [2.45, 2.75) is 0 Å². The lowest BCUT2D eigenvalue weighted by molar-refractivity contribution is 0.563. The molecule has 0 bridgehead atoms. The van der Waals surface area contributed by atoms with Gasteiger partial charge in [-0.25, -0.2) is 9.48 Å². The molecule has 28 heavy (non-hydrogen) atoms. The van der Waals surface area contributed by atoms with Gasteiger partial charge in [0.2, 0.25) is 0 Å². The summed E-state index contributed by atoms with van der Waals surface area (Å²) >= 11 is 0. The summed E-state index contributed by atoms with van der Waals surface area (Å²) in [5, 5.41) is 5.51. The zero-order valence-electron chi connectivity index (χ0n) is 14.9. The van der Waals surface area contributed by atoms with Gasteiger partial charge in [0.15, 0.2) is 0 Å². The first kappa shape index (κ1) is 16.3. The number of hydrogen-bond donors (Lipinski definition) is 0. The third-order valence-corrected chi connectivity index (χ3v) is 4.73. The molecule has 0 N–H and O–H groups in total. The molecule has 0 spiro atoms. The maximum Gasteiger partial charge on any atom is 0.344 e. The zero-order valence-corrected chi connectivity index (χ0v) is 14.9. The molecule has 0 fully saturated rings. The van der Waals surface area contributed by atoms with E-state index in [1.165, 1.54) is 0 Å². The fourth-order valence-corrected chi connectivity index (χ4v) is 3.29. The Balaban J connectivity index is 1.56. The molecule has 0 saturated heterocycles. The lowest BCUT2D eigenvalue weighted by Crippen LogP contribution is -2.03. The summed E-state index contributed by atoms with van der Waals surface area (Å²) in [7, 11) is 0. The highest BCUT2D eigenvalue weighted by Gasteiger charge is 2.09. The van der Waals surface area contributed by atoms with Crippen molar-refractivity contribution in [1.82, 2.24) is 9.78 Å². The maximum absolute atomic E-state index is 12.5. The molecule has 4 nitrogen and oxygen atoms in total. The maximum atomic E-state index is 12.5. The van der Waals surface area contributed by atoms with Crippen molar-refractivity contribution in [3.63, 3.8) is 0 Å². The summed E-state index contributed by atoms with van der Waals surface area (Å²) in [5.74, 6) is 0. The molecule has 0 radical (unpaired) electrons. The van der Waals surface area contributed by atoms with E-state index in [1.54, 1.807) is 4.68 Å². The minimum absolute atomic E-state index is 0.346. The van der Waals surface area contributed by atoms with Gasteiger partial charge < -0.3 is 4.42 Å². The number of aromatic nitrogens is 2. The fraction of sp³-hybridized carbons (Fsp3) is 0. The molecule has 4 heteroatoms. The van der Waals surface area contributed by atoms with E-state index >= 15 is 0 Å². The van der Waals surface area contributed by atoms with Crippen LogP contribution in [0.4, 0.5) is 0 Å². The van der Waals surface area contributed by atoms with E-state index in [0.717, 1.165) is 27.9 Å². The monoisotopic (exact) mass is 364 g/mol. The normalized spacial score (nSPS) is 11.0. The lowest BCUT2D eigenvalue weighted by atomic mass is 10.1. The van der Waals surface area contributed by atoms with E-state index in [9.17, 15) is 4.79 Å². The predicted octanol–water partition coefficient (Wildman–Crippen LogP) is 5.31. The Morgan fingerprint density at radius 3 is 2.21 bits per heavy atom. The van der Waals surface area contributed by atoms with Crippen LogP contribution in [0.15, 0.2) is 106 Å². The topological polar surface area (TPSA) is 48.0 Å². The Morgan fingerprint density at radius 2 is 1.46 bits per heavy atom. The largest absolute Gasteiger partial charge is 0.422 e. The molecule has 2 heterocycles. The predicted molar refractivity (Wildman–Crippen MR) is 110 cm³/mol. The van der Waals surface area contributed by atoms with Gasteiger partial charge in [-0.05, 0) is 29.8 Å². The summed E-state index contributed by atoms with van der Waals surface area (Å²) in [6, 6.07) is 29.2. The summed E-state index contributed by atoms with van der Waals surface area (Å²) in [5.41, 5.74) is 4.39. The zero-order chi connectivity index (χ0) is 18.9. The molecule has 5 aromatic rings. The molecule has 5 rings (SSSR count). The first-order chi connectivity index (χ1) is 13.8. The average Bonchev–Trinajstić information content (AvgIpc) is 3.24. The standard InChI is InChI=1S/C24H16N2O2/c27-24-21(17-7-3-1-4-8-17)15-19-11-12-20(16-23(19)28-24)26-14-13-22(25-26)18-9-5-2-6-10-18/h1-16H. The lowest BCUT2D eigenvalue weighted by Gasteiger charge is -2.05. The molecule has 0 aliphatic rings. The van der Waals surface area contributed by atoms with Crippen LogP contribution in [-0.2, 0) is 0 Å². The minimum Gasteiger partial charge on any atom is -0.422 e. The number of hydrogen-bond acceptors (Lipinski definition) is 3. The fourth-order valence-electron chi connectivity index (χ4n) is 3.29. The van der Waals surface area contributed by atoms with Crippen molar-refractivity contribution in [3.8, 4) is 28.1 Å². The molecule has 0 aliphatic heterocycles. The Morgan fingerprint density at radius 1 is 0.750 bits per heavy atom. The first-order valence-corrected chi connectivity index (χ1v) is 9.03. The summed E-state index contributed by atoms with van der Waals surface area (Å²) in [6.07, 6.45) is 1.90. The van der Waals surface area contributed by atoms with Gasteiger partial charge in [0, 0.05) is 23.2 Å². The van der Waals surface area contributed by atoms with Crippen LogP contribution in [0.1, 0.15) is 0 Å². The van der Waals surface area contributed by atoms with Gasteiger partial charge in [0.05, 0.1) is 16.9 Å². The van der Waals surface area contributed by atoms with Crippen LogP contribution in [0.25, 0.3) is 39.0 Å². The average molecular weight is 364 g/mol. The Labute approximate surface area is 161 Å². The number of fused-ring (bicyclic) bond motifs is 1. The second kappa shape index (κ2) is 6.67. The van der Waals surface area contributed by atoms with Crippen molar-refractivity contribution >= 4 is 11.0 Å². The second-order valence-electron chi connectivity index (χ2n) is 6.55. The molecule has 134 valence electrons. The van der Waals surface area contributed by atoms with Crippen LogP contribution in [0.3, 0.4) is 0 Å². The summed E-state index contributed by atoms with van der Waals surface area (Å²) in [4.78, 5) is 12.5. The van der Waals surface area contributed by atoms with E-state index < -0.39 is 0 Å². The van der Waals surface area contributed by atoms with Crippen molar-refractivity contribution in [3.05, 3.63) is 108 Å². The van der Waals surface area contributed by atoms with E-state index in [2.05, 4.69) is 5.10 Å². The molecule has 3 aromatic carbocycles. The van der Waals surface area contributed by atoms with Gasteiger partial charge in [-0.1, -0.05) is 60.7 Å². The van der Waals surface area contributed by atoms with E-state index in [4.69, 9.17) is 4.42 Å². The molecular formula is C24H16N2O2. The van der Waals surface area contributed by atoms with Gasteiger partial charge in [0.25, 0.3) is 0 Å². The molecule has 0 aliphatic carbocycles.